The zero-order valence-corrected chi connectivity index (χ0v) is 8.11. The minimum absolute atomic E-state index is 0.332. The third kappa shape index (κ3) is 3.03. The number of nitrogens with zero attached hydrogens (tertiary/aromatic N) is 5. The Bertz CT molecular complexity index is 347. The van der Waals surface area contributed by atoms with Crippen LogP contribution in [0.4, 0.5) is 0 Å². The minimum Gasteiger partial charge on any atom is -0.297 e. The predicted octanol–water partition coefficient (Wildman–Crippen LogP) is 1.61. The average Bonchev–Trinajstić information content (AvgIpc) is 2.71. The van der Waals surface area contributed by atoms with Gasteiger partial charge in [-0.05, 0) is 5.53 Å². The monoisotopic (exact) mass is 208 g/mol. The van der Waals surface area contributed by atoms with Gasteiger partial charge in [0.25, 0.3) is 0 Å². The topological polar surface area (TPSA) is 97.5 Å². The quantitative estimate of drug-likeness (QED) is 0.344. The van der Waals surface area contributed by atoms with Crippen molar-refractivity contribution in [3.05, 3.63) is 27.0 Å². The molecule has 14 heavy (non-hydrogen) atoms. The van der Waals surface area contributed by atoms with Crippen LogP contribution >= 0.6 is 11.3 Å². The predicted molar refractivity (Wildman–Crippen MR) is 52.5 cm³/mol. The largest absolute Gasteiger partial charge is 0.297 e. The number of hydrogen-bond acceptors (Lipinski definition) is 5. The van der Waals surface area contributed by atoms with Gasteiger partial charge in [0.1, 0.15) is 6.04 Å². The summed E-state index contributed by atoms with van der Waals surface area (Å²) in [6.07, 6.45) is 0. The fourth-order valence-electron chi connectivity index (χ4n) is 0.884. The van der Waals surface area contributed by atoms with Crippen LogP contribution in [0.1, 0.15) is 11.7 Å². The first-order valence-corrected chi connectivity index (χ1v) is 4.84. The lowest BCUT2D eigenvalue weighted by Gasteiger charge is -2.06. The van der Waals surface area contributed by atoms with Gasteiger partial charge in [-0.2, -0.15) is 5.26 Å². The zero-order chi connectivity index (χ0) is 10.2. The Morgan fingerprint density at radius 1 is 1.86 bits per heavy atom. The first-order valence-electron chi connectivity index (χ1n) is 3.90. The van der Waals surface area contributed by atoms with Crippen LogP contribution in [-0.2, 0) is 0 Å². The van der Waals surface area contributed by atoms with Crippen molar-refractivity contribution in [1.29, 1.82) is 5.26 Å². The molecule has 0 fully saturated rings. The molecule has 1 aromatic rings. The lowest BCUT2D eigenvalue weighted by atomic mass is 10.2. The van der Waals surface area contributed by atoms with E-state index in [1.54, 1.807) is 5.51 Å². The lowest BCUT2D eigenvalue weighted by molar-refractivity contribution is 0.625. The SMILES string of the molecule is N#CC(NCCN=[N+]=[N-])c1cscn1. The maximum absolute atomic E-state index is 8.80. The number of hydrogen-bond donors (Lipinski definition) is 1. The number of rotatable bonds is 5. The van der Waals surface area contributed by atoms with E-state index in [1.165, 1.54) is 11.3 Å². The lowest BCUT2D eigenvalue weighted by Crippen LogP contribution is -2.22. The average molecular weight is 208 g/mol. The second-order valence-electron chi connectivity index (χ2n) is 2.38. The van der Waals surface area contributed by atoms with Crippen LogP contribution in [0.3, 0.4) is 0 Å². The van der Waals surface area contributed by atoms with E-state index in [1.807, 2.05) is 5.38 Å². The normalized spacial score (nSPS) is 11.4. The van der Waals surface area contributed by atoms with Gasteiger partial charge in [-0.1, -0.05) is 5.11 Å². The van der Waals surface area contributed by atoms with Crippen molar-refractivity contribution in [2.24, 2.45) is 5.11 Å². The minimum atomic E-state index is -0.421. The fourth-order valence-corrected chi connectivity index (χ4v) is 1.46. The molecule has 1 aromatic heterocycles. The molecule has 1 N–H and O–H groups in total. The van der Waals surface area contributed by atoms with Gasteiger partial charge >= 0.3 is 0 Å². The molecule has 6 nitrogen and oxygen atoms in total. The number of aromatic nitrogens is 1. The molecule has 72 valence electrons. The summed E-state index contributed by atoms with van der Waals surface area (Å²) in [5.41, 5.74) is 10.4. The van der Waals surface area contributed by atoms with E-state index in [0.29, 0.717) is 18.8 Å². The van der Waals surface area contributed by atoms with Crippen molar-refractivity contribution in [3.63, 3.8) is 0 Å². The molecule has 1 unspecified atom stereocenters. The number of thiazole rings is 1. The Morgan fingerprint density at radius 2 is 2.71 bits per heavy atom. The van der Waals surface area contributed by atoms with Crippen molar-refractivity contribution in [1.82, 2.24) is 10.3 Å². The summed E-state index contributed by atoms with van der Waals surface area (Å²) < 4.78 is 0. The van der Waals surface area contributed by atoms with Crippen LogP contribution in [-0.4, -0.2) is 18.1 Å². The fraction of sp³-hybridized carbons (Fsp3) is 0.429. The van der Waals surface area contributed by atoms with Gasteiger partial charge in [-0.25, -0.2) is 4.98 Å². The molecule has 0 saturated heterocycles. The number of nitriles is 1. The molecular weight excluding hydrogens is 200 g/mol. The highest BCUT2D eigenvalue weighted by Crippen LogP contribution is 2.11. The van der Waals surface area contributed by atoms with Gasteiger partial charge in [-0.3, -0.25) is 5.32 Å². The first-order chi connectivity index (χ1) is 6.88. The van der Waals surface area contributed by atoms with E-state index in [0.717, 1.165) is 0 Å². The number of nitrogens with one attached hydrogen (secondary N) is 1. The van der Waals surface area contributed by atoms with Gasteiger partial charge in [0.2, 0.25) is 0 Å². The molecule has 0 spiro atoms. The molecule has 0 aliphatic carbocycles. The molecule has 0 saturated carbocycles. The summed E-state index contributed by atoms with van der Waals surface area (Å²) in [7, 11) is 0. The first kappa shape index (κ1) is 10.5. The van der Waals surface area contributed by atoms with Gasteiger partial charge in [0.15, 0.2) is 0 Å². The van der Waals surface area contributed by atoms with Crippen LogP contribution in [0.2, 0.25) is 0 Å². The second kappa shape index (κ2) is 5.94. The highest BCUT2D eigenvalue weighted by molar-refractivity contribution is 7.07. The Hall–Kier alpha value is -1.61. The van der Waals surface area contributed by atoms with E-state index in [-0.39, 0.29) is 0 Å². The standard InChI is InChI=1S/C7H8N6S/c8-3-6(7-4-14-5-11-7)10-1-2-12-13-9/h4-6,10H,1-2H2. The summed E-state index contributed by atoms with van der Waals surface area (Å²) in [6.45, 7) is 0.804. The van der Waals surface area contributed by atoms with Gasteiger partial charge < -0.3 is 0 Å². The maximum atomic E-state index is 8.80. The van der Waals surface area contributed by atoms with E-state index >= 15 is 0 Å². The van der Waals surface area contributed by atoms with Gasteiger partial charge in [0.05, 0.1) is 17.3 Å². The Balaban J connectivity index is 2.41. The zero-order valence-electron chi connectivity index (χ0n) is 7.29. The molecular formula is C7H8N6S. The summed E-state index contributed by atoms with van der Waals surface area (Å²) in [5, 5.41) is 16.9. The molecule has 1 heterocycles. The third-order valence-corrected chi connectivity index (χ3v) is 2.10. The van der Waals surface area contributed by atoms with E-state index < -0.39 is 6.04 Å². The van der Waals surface area contributed by atoms with Crippen LogP contribution in [0.15, 0.2) is 16.0 Å². The van der Waals surface area contributed by atoms with Crippen molar-refractivity contribution < 1.29 is 0 Å². The Labute approximate surface area is 84.8 Å². The van der Waals surface area contributed by atoms with Crippen LogP contribution < -0.4 is 5.32 Å². The second-order valence-corrected chi connectivity index (χ2v) is 3.10. The van der Waals surface area contributed by atoms with E-state index in [2.05, 4.69) is 26.4 Å². The Morgan fingerprint density at radius 3 is 3.29 bits per heavy atom. The highest BCUT2D eigenvalue weighted by atomic mass is 32.1. The van der Waals surface area contributed by atoms with Crippen LogP contribution in [0.5, 0.6) is 0 Å². The summed E-state index contributed by atoms with van der Waals surface area (Å²) in [4.78, 5) is 6.63. The van der Waals surface area contributed by atoms with E-state index in [4.69, 9.17) is 10.8 Å². The number of azide groups is 1. The molecule has 0 bridgehead atoms. The smallest absolute Gasteiger partial charge is 0.139 e. The molecule has 0 aromatic carbocycles. The van der Waals surface area contributed by atoms with Crippen molar-refractivity contribution in [2.45, 2.75) is 6.04 Å². The summed E-state index contributed by atoms with van der Waals surface area (Å²) in [6, 6.07) is 1.66. The molecule has 7 heteroatoms. The molecule has 1 rings (SSSR count). The van der Waals surface area contributed by atoms with E-state index in [9.17, 15) is 0 Å². The molecule has 0 aliphatic rings. The van der Waals surface area contributed by atoms with Crippen molar-refractivity contribution in [3.8, 4) is 6.07 Å². The van der Waals surface area contributed by atoms with Crippen LogP contribution in [0.25, 0.3) is 10.4 Å². The summed E-state index contributed by atoms with van der Waals surface area (Å²) >= 11 is 1.44. The van der Waals surface area contributed by atoms with Crippen molar-refractivity contribution >= 4 is 11.3 Å². The maximum Gasteiger partial charge on any atom is 0.139 e. The van der Waals surface area contributed by atoms with Gasteiger partial charge in [-0.15, -0.1) is 11.3 Å². The highest BCUT2D eigenvalue weighted by Gasteiger charge is 2.10. The summed E-state index contributed by atoms with van der Waals surface area (Å²) in [5.74, 6) is 0. The van der Waals surface area contributed by atoms with Gasteiger partial charge in [0, 0.05) is 23.4 Å². The third-order valence-electron chi connectivity index (χ3n) is 1.50. The molecule has 0 aliphatic heterocycles. The van der Waals surface area contributed by atoms with Crippen LogP contribution in [0, 0.1) is 11.3 Å². The Kier molecular flexibility index (Phi) is 4.44. The van der Waals surface area contributed by atoms with Crippen molar-refractivity contribution in [2.75, 3.05) is 13.1 Å². The molecule has 0 amide bonds. The molecule has 1 atom stereocenters. The molecule has 0 radical (unpaired) electrons.